The second-order valence-electron chi connectivity index (χ2n) is 6.20. The highest BCUT2D eigenvalue weighted by molar-refractivity contribution is 7.89. The molecular weight excluding hydrogens is 388 g/mol. The Kier molecular flexibility index (Phi) is 5.01. The summed E-state index contributed by atoms with van der Waals surface area (Å²) in [7, 11) is -3.52. The predicted octanol–water partition coefficient (Wildman–Crippen LogP) is 1.45. The Labute approximate surface area is 161 Å². The molecule has 4 rings (SSSR count). The molecule has 0 aliphatic carbocycles. The summed E-state index contributed by atoms with van der Waals surface area (Å²) in [4.78, 5) is 12.5. The number of ether oxygens (including phenoxy) is 2. The molecular formula is C17H18N4O6S. The van der Waals surface area contributed by atoms with E-state index in [1.54, 1.807) is 0 Å². The molecule has 28 heavy (non-hydrogen) atoms. The van der Waals surface area contributed by atoms with Crippen molar-refractivity contribution in [2.24, 2.45) is 0 Å². The van der Waals surface area contributed by atoms with Crippen molar-refractivity contribution < 1.29 is 27.1 Å². The van der Waals surface area contributed by atoms with Crippen LogP contribution in [0.4, 0.5) is 6.01 Å². The highest BCUT2D eigenvalue weighted by atomic mass is 32.2. The number of sulfonamides is 1. The Hall–Kier alpha value is -2.92. The molecule has 0 radical (unpaired) electrons. The molecule has 1 amide bonds. The molecule has 148 valence electrons. The van der Waals surface area contributed by atoms with Crippen molar-refractivity contribution >= 4 is 27.7 Å². The third-order valence-electron chi connectivity index (χ3n) is 4.32. The molecule has 2 aliphatic rings. The first-order chi connectivity index (χ1) is 13.5. The molecule has 1 saturated heterocycles. The summed E-state index contributed by atoms with van der Waals surface area (Å²) >= 11 is 0. The molecule has 2 aliphatic heterocycles. The maximum atomic E-state index is 12.5. The maximum Gasteiger partial charge on any atom is 0.322 e. The van der Waals surface area contributed by atoms with Crippen LogP contribution in [0.5, 0.6) is 0 Å². The van der Waals surface area contributed by atoms with Gasteiger partial charge in [-0.25, -0.2) is 8.42 Å². The highest BCUT2D eigenvalue weighted by Gasteiger charge is 2.27. The molecule has 1 aromatic heterocycles. The third-order valence-corrected chi connectivity index (χ3v) is 6.24. The fourth-order valence-electron chi connectivity index (χ4n) is 2.88. The van der Waals surface area contributed by atoms with Gasteiger partial charge in [-0.1, -0.05) is 5.10 Å². The minimum absolute atomic E-state index is 0.0852. The van der Waals surface area contributed by atoms with Gasteiger partial charge in [0.15, 0.2) is 0 Å². The van der Waals surface area contributed by atoms with Gasteiger partial charge in [0.05, 0.1) is 4.90 Å². The van der Waals surface area contributed by atoms with Gasteiger partial charge in [-0.3, -0.25) is 10.1 Å². The van der Waals surface area contributed by atoms with E-state index in [1.807, 2.05) is 0 Å². The predicted molar refractivity (Wildman–Crippen MR) is 96.6 cm³/mol. The normalized spacial score (nSPS) is 17.5. The highest BCUT2D eigenvalue weighted by Crippen LogP contribution is 2.22. The zero-order valence-corrected chi connectivity index (χ0v) is 15.6. The van der Waals surface area contributed by atoms with E-state index in [4.69, 9.17) is 13.9 Å². The number of hydrogen-bond acceptors (Lipinski definition) is 8. The van der Waals surface area contributed by atoms with Gasteiger partial charge in [0.2, 0.25) is 15.8 Å². The number of nitrogens with one attached hydrogen (secondary N) is 1. The molecule has 11 heteroatoms. The van der Waals surface area contributed by atoms with E-state index in [1.165, 1.54) is 34.8 Å². The van der Waals surface area contributed by atoms with E-state index in [0.717, 1.165) is 12.8 Å². The van der Waals surface area contributed by atoms with Gasteiger partial charge >= 0.3 is 6.01 Å². The van der Waals surface area contributed by atoms with Crippen LogP contribution in [-0.2, 0) is 19.5 Å². The topological polar surface area (TPSA) is 124 Å². The summed E-state index contributed by atoms with van der Waals surface area (Å²) in [5.74, 6) is -0.132. The molecule has 2 aromatic rings. The number of aromatic nitrogens is 2. The van der Waals surface area contributed by atoms with Crippen molar-refractivity contribution in [2.45, 2.75) is 17.7 Å². The Bertz CT molecular complexity index is 993. The zero-order valence-electron chi connectivity index (χ0n) is 14.8. The molecule has 1 fully saturated rings. The average Bonchev–Trinajstić information content (AvgIpc) is 3.41. The van der Waals surface area contributed by atoms with E-state index in [-0.39, 0.29) is 28.1 Å². The van der Waals surface area contributed by atoms with Crippen LogP contribution < -0.4 is 5.32 Å². The second-order valence-corrected chi connectivity index (χ2v) is 8.14. The van der Waals surface area contributed by atoms with Crippen molar-refractivity contribution in [3.05, 3.63) is 42.0 Å². The Balaban J connectivity index is 1.44. The van der Waals surface area contributed by atoms with Gasteiger partial charge in [-0.15, -0.1) is 5.10 Å². The van der Waals surface area contributed by atoms with Crippen LogP contribution in [0.2, 0.25) is 0 Å². The smallest absolute Gasteiger partial charge is 0.322 e. The van der Waals surface area contributed by atoms with Gasteiger partial charge in [-0.05, 0) is 37.1 Å². The van der Waals surface area contributed by atoms with Gasteiger partial charge in [-0.2, -0.15) is 4.31 Å². The zero-order chi connectivity index (χ0) is 19.6. The Morgan fingerprint density at radius 1 is 1.07 bits per heavy atom. The first-order valence-electron chi connectivity index (χ1n) is 8.74. The van der Waals surface area contributed by atoms with Crippen LogP contribution in [0.3, 0.4) is 0 Å². The van der Waals surface area contributed by atoms with Crippen LogP contribution >= 0.6 is 0 Å². The SMILES string of the molecule is O=C(Nc1nnc(C2=COCCO2)o1)c1ccc(S(=O)(=O)N2CCCC2)cc1. The number of benzene rings is 1. The van der Waals surface area contributed by atoms with E-state index in [9.17, 15) is 13.2 Å². The largest absolute Gasteiger partial charge is 0.494 e. The van der Waals surface area contributed by atoms with Gasteiger partial charge in [0.1, 0.15) is 19.5 Å². The average molecular weight is 406 g/mol. The number of rotatable bonds is 5. The molecule has 1 N–H and O–H groups in total. The second kappa shape index (κ2) is 7.60. The molecule has 0 spiro atoms. The number of carbonyl (C=O) groups excluding carboxylic acids is 1. The number of carbonyl (C=O) groups is 1. The van der Waals surface area contributed by atoms with Gasteiger partial charge < -0.3 is 13.9 Å². The van der Waals surface area contributed by atoms with Crippen LogP contribution in [0.15, 0.2) is 39.8 Å². The van der Waals surface area contributed by atoms with Gasteiger partial charge in [0.25, 0.3) is 11.8 Å². The van der Waals surface area contributed by atoms with Crippen molar-refractivity contribution in [3.8, 4) is 0 Å². The lowest BCUT2D eigenvalue weighted by Gasteiger charge is -2.15. The van der Waals surface area contributed by atoms with Crippen LogP contribution in [0, 0.1) is 0 Å². The van der Waals surface area contributed by atoms with Crippen molar-refractivity contribution in [3.63, 3.8) is 0 Å². The standard InChI is InChI=1S/C17H18N4O6S/c22-15(18-17-20-19-16(27-17)14-11-25-9-10-26-14)12-3-5-13(6-4-12)28(23,24)21-7-1-2-8-21/h3-6,11H,1-2,7-10H2,(H,18,20,22). The van der Waals surface area contributed by atoms with Crippen LogP contribution in [0.1, 0.15) is 29.1 Å². The van der Waals surface area contributed by atoms with Crippen molar-refractivity contribution in [1.29, 1.82) is 0 Å². The van der Waals surface area contributed by atoms with E-state index >= 15 is 0 Å². The monoisotopic (exact) mass is 406 g/mol. The lowest BCUT2D eigenvalue weighted by Crippen LogP contribution is -2.27. The minimum atomic E-state index is -3.52. The molecule has 3 heterocycles. The van der Waals surface area contributed by atoms with Crippen molar-refractivity contribution in [1.82, 2.24) is 14.5 Å². The van der Waals surface area contributed by atoms with Gasteiger partial charge in [0, 0.05) is 18.7 Å². The number of amides is 1. The van der Waals surface area contributed by atoms with Crippen LogP contribution in [0.25, 0.3) is 5.76 Å². The number of hydrogen-bond donors (Lipinski definition) is 1. The van der Waals surface area contributed by atoms with Crippen molar-refractivity contribution in [2.75, 3.05) is 31.6 Å². The lowest BCUT2D eigenvalue weighted by atomic mass is 10.2. The van der Waals surface area contributed by atoms with E-state index < -0.39 is 15.9 Å². The molecule has 1 aromatic carbocycles. The summed E-state index contributed by atoms with van der Waals surface area (Å²) in [5.41, 5.74) is 0.261. The third kappa shape index (κ3) is 3.71. The molecule has 0 saturated carbocycles. The summed E-state index contributed by atoms with van der Waals surface area (Å²) < 4.78 is 42.3. The number of nitrogens with zero attached hydrogens (tertiary/aromatic N) is 3. The Morgan fingerprint density at radius 3 is 2.50 bits per heavy atom. The Morgan fingerprint density at radius 2 is 1.82 bits per heavy atom. The summed E-state index contributed by atoms with van der Waals surface area (Å²) in [6.45, 7) is 1.85. The summed E-state index contributed by atoms with van der Waals surface area (Å²) in [6, 6.07) is 5.61. The first kappa shape index (κ1) is 18.4. The quantitative estimate of drug-likeness (QED) is 0.791. The molecule has 10 nitrogen and oxygen atoms in total. The number of anilines is 1. The molecule has 0 atom stereocenters. The summed E-state index contributed by atoms with van der Waals surface area (Å²) in [6.07, 6.45) is 3.09. The first-order valence-corrected chi connectivity index (χ1v) is 10.2. The maximum absolute atomic E-state index is 12.5. The summed E-state index contributed by atoms with van der Waals surface area (Å²) in [5, 5.41) is 9.99. The van der Waals surface area contributed by atoms with Crippen LogP contribution in [-0.4, -0.2) is 55.1 Å². The minimum Gasteiger partial charge on any atom is -0.494 e. The van der Waals surface area contributed by atoms with E-state index in [0.29, 0.717) is 26.3 Å². The van der Waals surface area contributed by atoms with E-state index in [2.05, 4.69) is 15.5 Å². The fraction of sp³-hybridized carbons (Fsp3) is 0.353. The molecule has 0 bridgehead atoms. The lowest BCUT2D eigenvalue weighted by molar-refractivity contribution is 0.102. The fourth-order valence-corrected chi connectivity index (χ4v) is 4.40. The molecule has 0 unspecified atom stereocenters.